The number of aryl methyl sites for hydroxylation is 2. The van der Waals surface area contributed by atoms with E-state index < -0.39 is 0 Å². The highest BCUT2D eigenvalue weighted by Gasteiger charge is 2.16. The number of hydrogen-bond acceptors (Lipinski definition) is 5. The second-order valence-electron chi connectivity index (χ2n) is 4.61. The number of nitrogen functional groups attached to an aromatic ring is 1. The predicted octanol–water partition coefficient (Wildman–Crippen LogP) is 1.93. The van der Waals surface area contributed by atoms with Gasteiger partial charge in [0, 0.05) is 12.6 Å². The summed E-state index contributed by atoms with van der Waals surface area (Å²) in [6.07, 6.45) is 1.45. The maximum atomic E-state index is 5.98. The molecule has 102 valence electrons. The Morgan fingerprint density at radius 2 is 2.05 bits per heavy atom. The first kappa shape index (κ1) is 12.4. The van der Waals surface area contributed by atoms with E-state index in [-0.39, 0.29) is 0 Å². The van der Waals surface area contributed by atoms with Crippen LogP contribution < -0.4 is 10.5 Å². The molecule has 0 amide bonds. The number of aromatic nitrogens is 4. The summed E-state index contributed by atoms with van der Waals surface area (Å²) in [4.78, 5) is 8.29. The molecule has 0 saturated heterocycles. The van der Waals surface area contributed by atoms with Gasteiger partial charge in [0.25, 0.3) is 0 Å². The number of nitrogens with zero attached hydrogens (tertiary/aromatic N) is 4. The molecule has 20 heavy (non-hydrogen) atoms. The Morgan fingerprint density at radius 1 is 1.25 bits per heavy atom. The van der Waals surface area contributed by atoms with E-state index >= 15 is 0 Å². The van der Waals surface area contributed by atoms with Crippen molar-refractivity contribution in [1.82, 2.24) is 19.7 Å². The van der Waals surface area contributed by atoms with Crippen LogP contribution in [0.2, 0.25) is 0 Å². The molecule has 6 heteroatoms. The molecule has 0 fully saturated rings. The fourth-order valence-corrected chi connectivity index (χ4v) is 2.33. The highest BCUT2D eigenvalue weighted by atomic mass is 16.5. The van der Waals surface area contributed by atoms with Crippen molar-refractivity contribution in [3.05, 3.63) is 30.1 Å². The third kappa shape index (κ3) is 1.77. The van der Waals surface area contributed by atoms with Crippen LogP contribution in [0.5, 0.6) is 5.75 Å². The van der Waals surface area contributed by atoms with Crippen molar-refractivity contribution < 1.29 is 4.74 Å². The molecule has 2 heterocycles. The van der Waals surface area contributed by atoms with Crippen LogP contribution in [0.25, 0.3) is 22.3 Å². The van der Waals surface area contributed by atoms with Crippen LogP contribution in [0.15, 0.2) is 24.5 Å². The van der Waals surface area contributed by atoms with E-state index in [2.05, 4.69) is 15.1 Å². The average molecular weight is 269 g/mol. The van der Waals surface area contributed by atoms with Gasteiger partial charge in [-0.2, -0.15) is 5.10 Å². The van der Waals surface area contributed by atoms with Crippen LogP contribution in [0.3, 0.4) is 0 Å². The Morgan fingerprint density at radius 3 is 2.75 bits per heavy atom. The maximum absolute atomic E-state index is 5.98. The quantitative estimate of drug-likeness (QED) is 0.769. The number of benzene rings is 1. The highest BCUT2D eigenvalue weighted by Crippen LogP contribution is 2.32. The molecule has 0 spiro atoms. The predicted molar refractivity (Wildman–Crippen MR) is 77.4 cm³/mol. The van der Waals surface area contributed by atoms with Crippen LogP contribution in [-0.4, -0.2) is 26.9 Å². The maximum Gasteiger partial charge on any atom is 0.163 e. The lowest BCUT2D eigenvalue weighted by molar-refractivity contribution is 0.414. The number of nitrogens with two attached hydrogens (primary N) is 1. The number of hydrogen-bond donors (Lipinski definition) is 1. The van der Waals surface area contributed by atoms with E-state index in [1.165, 1.54) is 6.33 Å². The topological polar surface area (TPSA) is 78.8 Å². The van der Waals surface area contributed by atoms with Gasteiger partial charge in [0.2, 0.25) is 0 Å². The second-order valence-corrected chi connectivity index (χ2v) is 4.61. The lowest BCUT2D eigenvalue weighted by atomic mass is 10.0. The van der Waals surface area contributed by atoms with Gasteiger partial charge in [-0.1, -0.05) is 0 Å². The third-order valence-corrected chi connectivity index (χ3v) is 3.34. The normalized spacial score (nSPS) is 10.9. The van der Waals surface area contributed by atoms with Crippen molar-refractivity contribution in [2.75, 3.05) is 12.8 Å². The second kappa shape index (κ2) is 4.48. The fraction of sp³-hybridized carbons (Fsp3) is 0.214. The van der Waals surface area contributed by atoms with Gasteiger partial charge in [0.1, 0.15) is 23.6 Å². The summed E-state index contributed by atoms with van der Waals surface area (Å²) in [7, 11) is 3.49. The van der Waals surface area contributed by atoms with E-state index in [1.54, 1.807) is 11.8 Å². The van der Waals surface area contributed by atoms with Crippen molar-refractivity contribution >= 4 is 16.9 Å². The molecule has 6 nitrogen and oxygen atoms in total. The molecule has 0 bridgehead atoms. The monoisotopic (exact) mass is 269 g/mol. The van der Waals surface area contributed by atoms with Crippen LogP contribution in [0, 0.1) is 6.92 Å². The van der Waals surface area contributed by atoms with Crippen molar-refractivity contribution in [1.29, 1.82) is 0 Å². The lowest BCUT2D eigenvalue weighted by Gasteiger charge is -2.06. The lowest BCUT2D eigenvalue weighted by Crippen LogP contribution is -1.95. The summed E-state index contributed by atoms with van der Waals surface area (Å²) in [6, 6.07) is 5.85. The van der Waals surface area contributed by atoms with Gasteiger partial charge < -0.3 is 10.5 Å². The zero-order chi connectivity index (χ0) is 14.3. The molecule has 0 aliphatic rings. The van der Waals surface area contributed by atoms with Crippen molar-refractivity contribution in [3.63, 3.8) is 0 Å². The number of fused-ring (bicyclic) bond motifs is 1. The van der Waals surface area contributed by atoms with Gasteiger partial charge in [0.15, 0.2) is 5.65 Å². The molecular formula is C14H15N5O. The molecule has 0 atom stereocenters. The Balaban J connectivity index is 2.30. The average Bonchev–Trinajstić information content (AvgIpc) is 2.77. The molecule has 2 aromatic heterocycles. The SMILES string of the molecule is COc1ccc(-c2nn(C)c3ncnc(N)c23)c(C)c1. The molecule has 0 aliphatic carbocycles. The summed E-state index contributed by atoms with van der Waals surface area (Å²) in [5.41, 5.74) is 9.56. The fourth-order valence-electron chi connectivity index (χ4n) is 2.33. The van der Waals surface area contributed by atoms with Gasteiger partial charge in [-0.25, -0.2) is 14.6 Å². The largest absolute Gasteiger partial charge is 0.497 e. The minimum atomic E-state index is 0.438. The molecule has 0 radical (unpaired) electrons. The molecule has 1 aromatic carbocycles. The Hall–Kier alpha value is -2.63. The first-order valence-corrected chi connectivity index (χ1v) is 6.20. The number of rotatable bonds is 2. The van der Waals surface area contributed by atoms with Crippen LogP contribution in [0.1, 0.15) is 5.56 Å². The molecular weight excluding hydrogens is 254 g/mol. The molecule has 3 rings (SSSR count). The summed E-state index contributed by atoms with van der Waals surface area (Å²) in [5.74, 6) is 1.25. The number of ether oxygens (including phenoxy) is 1. The third-order valence-electron chi connectivity index (χ3n) is 3.34. The van der Waals surface area contributed by atoms with Gasteiger partial charge in [-0.05, 0) is 30.7 Å². The zero-order valence-electron chi connectivity index (χ0n) is 11.6. The summed E-state index contributed by atoms with van der Waals surface area (Å²) in [5, 5.41) is 5.31. The van der Waals surface area contributed by atoms with Crippen LogP contribution >= 0.6 is 0 Å². The molecule has 0 unspecified atom stereocenters. The Labute approximate surface area is 116 Å². The Kier molecular flexibility index (Phi) is 2.78. The molecule has 0 saturated carbocycles. The van der Waals surface area contributed by atoms with Gasteiger partial charge in [-0.15, -0.1) is 0 Å². The molecule has 3 aromatic rings. The van der Waals surface area contributed by atoms with Crippen molar-refractivity contribution in [3.8, 4) is 17.0 Å². The summed E-state index contributed by atoms with van der Waals surface area (Å²) < 4.78 is 6.94. The first-order chi connectivity index (χ1) is 9.61. The smallest absolute Gasteiger partial charge is 0.163 e. The van der Waals surface area contributed by atoms with Gasteiger partial charge >= 0.3 is 0 Å². The standard InChI is InChI=1S/C14H15N5O/c1-8-6-9(20-3)4-5-10(8)12-11-13(15)16-7-17-14(11)19(2)18-12/h4-7H,1-3H3,(H2,15,16,17). The Bertz CT molecular complexity index is 794. The first-order valence-electron chi connectivity index (χ1n) is 6.20. The van der Waals surface area contributed by atoms with Gasteiger partial charge in [0.05, 0.1) is 12.5 Å². The van der Waals surface area contributed by atoms with E-state index in [4.69, 9.17) is 10.5 Å². The zero-order valence-corrected chi connectivity index (χ0v) is 11.6. The van der Waals surface area contributed by atoms with E-state index in [0.717, 1.165) is 33.6 Å². The highest BCUT2D eigenvalue weighted by molar-refractivity contribution is 5.98. The van der Waals surface area contributed by atoms with E-state index in [1.807, 2.05) is 32.2 Å². The minimum absolute atomic E-state index is 0.438. The molecule has 2 N–H and O–H groups in total. The van der Waals surface area contributed by atoms with Gasteiger partial charge in [-0.3, -0.25) is 0 Å². The van der Waals surface area contributed by atoms with E-state index in [0.29, 0.717) is 5.82 Å². The van der Waals surface area contributed by atoms with Crippen molar-refractivity contribution in [2.45, 2.75) is 6.92 Å². The summed E-state index contributed by atoms with van der Waals surface area (Å²) >= 11 is 0. The number of anilines is 1. The van der Waals surface area contributed by atoms with E-state index in [9.17, 15) is 0 Å². The minimum Gasteiger partial charge on any atom is -0.497 e. The summed E-state index contributed by atoms with van der Waals surface area (Å²) in [6.45, 7) is 2.01. The van der Waals surface area contributed by atoms with Crippen LogP contribution in [-0.2, 0) is 7.05 Å². The molecule has 0 aliphatic heterocycles. The number of methoxy groups -OCH3 is 1. The van der Waals surface area contributed by atoms with Crippen molar-refractivity contribution in [2.24, 2.45) is 7.05 Å². The van der Waals surface area contributed by atoms with Crippen LogP contribution in [0.4, 0.5) is 5.82 Å².